The lowest BCUT2D eigenvalue weighted by atomic mass is 10.0. The first kappa shape index (κ1) is 17.0. The number of carbonyl (C=O) groups is 3. The van der Waals surface area contributed by atoms with Gasteiger partial charge in [0.15, 0.2) is 0 Å². The van der Waals surface area contributed by atoms with Crippen LogP contribution in [0.2, 0.25) is 0 Å². The van der Waals surface area contributed by atoms with E-state index >= 15 is 0 Å². The fourth-order valence-electron chi connectivity index (χ4n) is 2.67. The summed E-state index contributed by atoms with van der Waals surface area (Å²) in [6, 6.07) is 6.50. The lowest BCUT2D eigenvalue weighted by Gasteiger charge is -2.30. The summed E-state index contributed by atoms with van der Waals surface area (Å²) >= 11 is 0. The Morgan fingerprint density at radius 1 is 1.30 bits per heavy atom. The Labute approximate surface area is 135 Å². The van der Waals surface area contributed by atoms with Crippen molar-refractivity contribution in [2.75, 3.05) is 25.0 Å². The van der Waals surface area contributed by atoms with Crippen molar-refractivity contribution >= 4 is 23.5 Å². The Morgan fingerprint density at radius 3 is 2.74 bits per heavy atom. The van der Waals surface area contributed by atoms with Gasteiger partial charge in [-0.05, 0) is 37.8 Å². The SMILES string of the molecule is CCOC(=O)c1ccccc1NC(=O)C(=O)N1CCCC(C)C1. The minimum Gasteiger partial charge on any atom is -0.462 e. The zero-order chi connectivity index (χ0) is 16.8. The van der Waals surface area contributed by atoms with E-state index in [0.717, 1.165) is 12.8 Å². The standard InChI is InChI=1S/C17H22N2O4/c1-3-23-17(22)13-8-4-5-9-14(13)18-15(20)16(21)19-10-6-7-12(2)11-19/h4-5,8-9,12H,3,6-7,10-11H2,1-2H3,(H,18,20). The predicted molar refractivity (Wildman–Crippen MR) is 86.0 cm³/mol. The van der Waals surface area contributed by atoms with Gasteiger partial charge < -0.3 is 15.0 Å². The molecule has 6 heteroatoms. The summed E-state index contributed by atoms with van der Waals surface area (Å²) in [6.07, 6.45) is 1.97. The molecule has 1 fully saturated rings. The Bertz CT molecular complexity index is 600. The molecule has 1 atom stereocenters. The van der Waals surface area contributed by atoms with Crippen molar-refractivity contribution < 1.29 is 19.1 Å². The molecule has 23 heavy (non-hydrogen) atoms. The predicted octanol–water partition coefficient (Wildman–Crippen LogP) is 2.06. The molecule has 1 aliphatic heterocycles. The van der Waals surface area contributed by atoms with Crippen LogP contribution in [0.15, 0.2) is 24.3 Å². The summed E-state index contributed by atoms with van der Waals surface area (Å²) in [4.78, 5) is 37.9. The van der Waals surface area contributed by atoms with Crippen LogP contribution in [0.1, 0.15) is 37.0 Å². The molecule has 1 N–H and O–H groups in total. The highest BCUT2D eigenvalue weighted by molar-refractivity contribution is 6.39. The van der Waals surface area contributed by atoms with Crippen LogP contribution >= 0.6 is 0 Å². The molecule has 0 aliphatic carbocycles. The van der Waals surface area contributed by atoms with Gasteiger partial charge in [-0.2, -0.15) is 0 Å². The molecule has 124 valence electrons. The van der Waals surface area contributed by atoms with Crippen LogP contribution in [0.25, 0.3) is 0 Å². The van der Waals surface area contributed by atoms with Gasteiger partial charge in [-0.1, -0.05) is 19.1 Å². The number of hydrogen-bond acceptors (Lipinski definition) is 4. The molecule has 0 bridgehead atoms. The summed E-state index contributed by atoms with van der Waals surface area (Å²) in [5, 5.41) is 2.53. The molecule has 2 rings (SSSR count). The molecule has 6 nitrogen and oxygen atoms in total. The largest absolute Gasteiger partial charge is 0.462 e. The fourth-order valence-corrected chi connectivity index (χ4v) is 2.67. The number of esters is 1. The molecule has 1 aliphatic rings. The summed E-state index contributed by atoms with van der Waals surface area (Å²) in [5.74, 6) is -1.42. The first-order valence-electron chi connectivity index (χ1n) is 7.89. The van der Waals surface area contributed by atoms with Gasteiger partial charge in [-0.25, -0.2) is 4.79 Å². The van der Waals surface area contributed by atoms with E-state index in [2.05, 4.69) is 12.2 Å². The number of anilines is 1. The third-order valence-electron chi connectivity index (χ3n) is 3.81. The fraction of sp³-hybridized carbons (Fsp3) is 0.471. The number of rotatable bonds is 3. The number of nitrogens with one attached hydrogen (secondary N) is 1. The van der Waals surface area contributed by atoms with Crippen molar-refractivity contribution in [2.45, 2.75) is 26.7 Å². The number of carbonyl (C=O) groups excluding carboxylic acids is 3. The van der Waals surface area contributed by atoms with Crippen LogP contribution < -0.4 is 5.32 Å². The second-order valence-electron chi connectivity index (χ2n) is 5.72. The highest BCUT2D eigenvalue weighted by Gasteiger charge is 2.27. The van der Waals surface area contributed by atoms with Gasteiger partial charge in [0.1, 0.15) is 0 Å². The molecule has 1 saturated heterocycles. The van der Waals surface area contributed by atoms with Crippen molar-refractivity contribution in [3.8, 4) is 0 Å². The van der Waals surface area contributed by atoms with Gasteiger partial charge in [-0.15, -0.1) is 0 Å². The second kappa shape index (κ2) is 7.76. The number of piperidine rings is 1. The van der Waals surface area contributed by atoms with Gasteiger partial charge in [0.25, 0.3) is 0 Å². The number of amides is 2. The van der Waals surface area contributed by atoms with Crippen molar-refractivity contribution in [3.05, 3.63) is 29.8 Å². The van der Waals surface area contributed by atoms with E-state index in [9.17, 15) is 14.4 Å². The van der Waals surface area contributed by atoms with Crippen LogP contribution in [-0.4, -0.2) is 42.4 Å². The molecular formula is C17H22N2O4. The van der Waals surface area contributed by atoms with Gasteiger partial charge in [0.05, 0.1) is 17.9 Å². The summed E-state index contributed by atoms with van der Waals surface area (Å²) in [7, 11) is 0. The summed E-state index contributed by atoms with van der Waals surface area (Å²) < 4.78 is 4.96. The number of likely N-dealkylation sites (tertiary alicyclic amines) is 1. The quantitative estimate of drug-likeness (QED) is 0.684. The van der Waals surface area contributed by atoms with Gasteiger partial charge >= 0.3 is 17.8 Å². The molecule has 0 aromatic heterocycles. The van der Waals surface area contributed by atoms with Crippen LogP contribution in [0, 0.1) is 5.92 Å². The Hall–Kier alpha value is -2.37. The first-order chi connectivity index (χ1) is 11.0. The molecule has 1 aromatic carbocycles. The van der Waals surface area contributed by atoms with E-state index < -0.39 is 17.8 Å². The molecule has 2 amide bonds. The van der Waals surface area contributed by atoms with E-state index in [0.29, 0.717) is 19.0 Å². The number of benzene rings is 1. The van der Waals surface area contributed by atoms with Crippen LogP contribution in [0.3, 0.4) is 0 Å². The van der Waals surface area contributed by atoms with E-state index in [1.54, 1.807) is 36.1 Å². The minimum absolute atomic E-state index is 0.238. The molecule has 1 heterocycles. The molecule has 1 aromatic rings. The normalized spacial score (nSPS) is 17.5. The highest BCUT2D eigenvalue weighted by Crippen LogP contribution is 2.18. The number of para-hydroxylation sites is 1. The molecular weight excluding hydrogens is 296 g/mol. The lowest BCUT2D eigenvalue weighted by molar-refractivity contribution is -0.144. The smallest absolute Gasteiger partial charge is 0.340 e. The van der Waals surface area contributed by atoms with Crippen molar-refractivity contribution in [1.29, 1.82) is 0 Å². The zero-order valence-electron chi connectivity index (χ0n) is 13.5. The van der Waals surface area contributed by atoms with Gasteiger partial charge in [-0.3, -0.25) is 9.59 Å². The topological polar surface area (TPSA) is 75.7 Å². The molecule has 1 unspecified atom stereocenters. The average molecular weight is 318 g/mol. The number of ether oxygens (including phenoxy) is 1. The maximum atomic E-state index is 12.3. The second-order valence-corrected chi connectivity index (χ2v) is 5.72. The Kier molecular flexibility index (Phi) is 5.73. The van der Waals surface area contributed by atoms with Gasteiger partial charge in [0, 0.05) is 13.1 Å². The van der Waals surface area contributed by atoms with Crippen LogP contribution in [-0.2, 0) is 14.3 Å². The third-order valence-corrected chi connectivity index (χ3v) is 3.81. The highest BCUT2D eigenvalue weighted by atomic mass is 16.5. The molecule has 0 saturated carbocycles. The van der Waals surface area contributed by atoms with Crippen LogP contribution in [0.5, 0.6) is 0 Å². The Balaban J connectivity index is 2.08. The lowest BCUT2D eigenvalue weighted by Crippen LogP contribution is -2.44. The van der Waals surface area contributed by atoms with Crippen molar-refractivity contribution in [1.82, 2.24) is 4.90 Å². The minimum atomic E-state index is -0.726. The van der Waals surface area contributed by atoms with Crippen molar-refractivity contribution in [3.63, 3.8) is 0 Å². The summed E-state index contributed by atoms with van der Waals surface area (Å²) in [5.41, 5.74) is 0.525. The summed E-state index contributed by atoms with van der Waals surface area (Å²) in [6.45, 7) is 5.20. The average Bonchev–Trinajstić information content (AvgIpc) is 2.54. The van der Waals surface area contributed by atoms with Crippen molar-refractivity contribution in [2.24, 2.45) is 5.92 Å². The zero-order valence-corrected chi connectivity index (χ0v) is 13.5. The van der Waals surface area contributed by atoms with E-state index in [-0.39, 0.29) is 17.9 Å². The third kappa shape index (κ3) is 4.31. The molecule has 0 radical (unpaired) electrons. The van der Waals surface area contributed by atoms with Gasteiger partial charge in [0.2, 0.25) is 0 Å². The monoisotopic (exact) mass is 318 g/mol. The Morgan fingerprint density at radius 2 is 2.04 bits per heavy atom. The van der Waals surface area contributed by atoms with E-state index in [1.807, 2.05) is 0 Å². The number of hydrogen-bond donors (Lipinski definition) is 1. The number of nitrogens with zero attached hydrogens (tertiary/aromatic N) is 1. The maximum Gasteiger partial charge on any atom is 0.340 e. The van der Waals surface area contributed by atoms with E-state index in [4.69, 9.17) is 4.74 Å². The maximum absolute atomic E-state index is 12.3. The molecule has 0 spiro atoms. The first-order valence-corrected chi connectivity index (χ1v) is 7.89. The van der Waals surface area contributed by atoms with E-state index in [1.165, 1.54) is 0 Å². The van der Waals surface area contributed by atoms with Crippen LogP contribution in [0.4, 0.5) is 5.69 Å².